The standard InChI is InChI=1S/C22H29N3O2/c1-18(23-12-13-24-22(26)20-10-6-3-7-11-20)21(19-8-4-2-5-9-19)25-14-16-27-17-15-25/h2-11,18,21,23H,12-17H2,1H3,(H,24,26)/t18-,21-/m0/s1. The fourth-order valence-electron chi connectivity index (χ4n) is 3.60. The van der Waals surface area contributed by atoms with Gasteiger partial charge in [0.1, 0.15) is 0 Å². The van der Waals surface area contributed by atoms with Crippen LogP contribution in [0.2, 0.25) is 0 Å². The lowest BCUT2D eigenvalue weighted by atomic mass is 9.98. The van der Waals surface area contributed by atoms with Crippen molar-refractivity contribution in [3.8, 4) is 0 Å². The zero-order valence-corrected chi connectivity index (χ0v) is 15.9. The van der Waals surface area contributed by atoms with Gasteiger partial charge in [0.25, 0.3) is 5.91 Å². The van der Waals surface area contributed by atoms with Crippen LogP contribution in [-0.4, -0.2) is 56.2 Å². The summed E-state index contributed by atoms with van der Waals surface area (Å²) in [5, 5.41) is 6.57. The Morgan fingerprint density at radius 2 is 1.63 bits per heavy atom. The van der Waals surface area contributed by atoms with Crippen LogP contribution in [0.15, 0.2) is 60.7 Å². The summed E-state index contributed by atoms with van der Waals surface area (Å²) in [6.07, 6.45) is 0. The lowest BCUT2D eigenvalue weighted by Gasteiger charge is -2.38. The van der Waals surface area contributed by atoms with Crippen molar-refractivity contribution in [2.45, 2.75) is 19.0 Å². The smallest absolute Gasteiger partial charge is 0.251 e. The van der Waals surface area contributed by atoms with Crippen molar-refractivity contribution < 1.29 is 9.53 Å². The van der Waals surface area contributed by atoms with Gasteiger partial charge in [0.2, 0.25) is 0 Å². The van der Waals surface area contributed by atoms with Crippen LogP contribution < -0.4 is 10.6 Å². The number of amides is 1. The molecule has 2 aromatic carbocycles. The van der Waals surface area contributed by atoms with Gasteiger partial charge < -0.3 is 15.4 Å². The molecule has 5 heteroatoms. The predicted molar refractivity (Wildman–Crippen MR) is 108 cm³/mol. The maximum Gasteiger partial charge on any atom is 0.251 e. The highest BCUT2D eigenvalue weighted by Gasteiger charge is 2.27. The van der Waals surface area contributed by atoms with E-state index in [1.165, 1.54) is 5.56 Å². The average molecular weight is 367 g/mol. The molecule has 2 atom stereocenters. The number of carbonyl (C=O) groups excluding carboxylic acids is 1. The number of benzene rings is 2. The quantitative estimate of drug-likeness (QED) is 0.704. The van der Waals surface area contributed by atoms with Crippen molar-refractivity contribution >= 4 is 5.91 Å². The highest BCUT2D eigenvalue weighted by atomic mass is 16.5. The maximum absolute atomic E-state index is 12.1. The van der Waals surface area contributed by atoms with Crippen LogP contribution in [0.4, 0.5) is 0 Å². The first-order chi connectivity index (χ1) is 13.3. The summed E-state index contributed by atoms with van der Waals surface area (Å²) in [6, 6.07) is 20.5. The average Bonchev–Trinajstić information content (AvgIpc) is 2.73. The second-order valence-corrected chi connectivity index (χ2v) is 6.87. The van der Waals surface area contributed by atoms with Crippen LogP contribution in [0, 0.1) is 0 Å². The molecule has 1 saturated heterocycles. The van der Waals surface area contributed by atoms with Crippen LogP contribution >= 0.6 is 0 Å². The summed E-state index contributed by atoms with van der Waals surface area (Å²) in [6.45, 7) is 6.99. The molecule has 27 heavy (non-hydrogen) atoms. The van der Waals surface area contributed by atoms with Crippen LogP contribution in [0.25, 0.3) is 0 Å². The first kappa shape index (κ1) is 19.5. The van der Waals surface area contributed by atoms with E-state index in [4.69, 9.17) is 4.74 Å². The third-order valence-corrected chi connectivity index (χ3v) is 4.97. The summed E-state index contributed by atoms with van der Waals surface area (Å²) in [7, 11) is 0. The van der Waals surface area contributed by atoms with E-state index in [2.05, 4.69) is 52.8 Å². The van der Waals surface area contributed by atoms with E-state index >= 15 is 0 Å². The van der Waals surface area contributed by atoms with E-state index in [9.17, 15) is 4.79 Å². The molecule has 5 nitrogen and oxygen atoms in total. The molecule has 1 aliphatic rings. The number of rotatable bonds is 8. The van der Waals surface area contributed by atoms with Gasteiger partial charge in [-0.3, -0.25) is 9.69 Å². The minimum absolute atomic E-state index is 0.0298. The van der Waals surface area contributed by atoms with E-state index in [0.29, 0.717) is 18.2 Å². The van der Waals surface area contributed by atoms with Crippen molar-refractivity contribution in [1.82, 2.24) is 15.5 Å². The third kappa shape index (κ3) is 5.63. The molecular formula is C22H29N3O2. The van der Waals surface area contributed by atoms with E-state index in [0.717, 1.165) is 32.8 Å². The minimum atomic E-state index is -0.0298. The van der Waals surface area contributed by atoms with Gasteiger partial charge in [0.15, 0.2) is 0 Å². The molecule has 0 aliphatic carbocycles. The Hall–Kier alpha value is -2.21. The first-order valence-electron chi connectivity index (χ1n) is 9.69. The molecule has 3 rings (SSSR count). The molecule has 2 aromatic rings. The Bertz CT molecular complexity index is 687. The monoisotopic (exact) mass is 367 g/mol. The summed E-state index contributed by atoms with van der Waals surface area (Å²) in [5.74, 6) is -0.0298. The van der Waals surface area contributed by atoms with Gasteiger partial charge in [-0.1, -0.05) is 48.5 Å². The van der Waals surface area contributed by atoms with Gasteiger partial charge in [-0.2, -0.15) is 0 Å². The van der Waals surface area contributed by atoms with Crippen molar-refractivity contribution in [2.24, 2.45) is 0 Å². The van der Waals surface area contributed by atoms with Crippen molar-refractivity contribution in [1.29, 1.82) is 0 Å². The molecule has 0 radical (unpaired) electrons. The fourth-order valence-corrected chi connectivity index (χ4v) is 3.60. The molecule has 1 fully saturated rings. The molecule has 0 spiro atoms. The number of morpholine rings is 1. The molecule has 0 bridgehead atoms. The molecule has 1 heterocycles. The Labute approximate surface area is 161 Å². The van der Waals surface area contributed by atoms with Crippen LogP contribution in [-0.2, 0) is 4.74 Å². The van der Waals surface area contributed by atoms with Gasteiger partial charge >= 0.3 is 0 Å². The zero-order valence-electron chi connectivity index (χ0n) is 15.9. The summed E-state index contributed by atoms with van der Waals surface area (Å²) in [4.78, 5) is 14.6. The Balaban J connectivity index is 1.53. The molecule has 0 aromatic heterocycles. The molecule has 2 N–H and O–H groups in total. The largest absolute Gasteiger partial charge is 0.379 e. The molecule has 0 saturated carbocycles. The topological polar surface area (TPSA) is 53.6 Å². The molecule has 1 amide bonds. The third-order valence-electron chi connectivity index (χ3n) is 4.97. The first-order valence-corrected chi connectivity index (χ1v) is 9.69. The van der Waals surface area contributed by atoms with E-state index in [1.54, 1.807) is 0 Å². The number of carbonyl (C=O) groups is 1. The number of ether oxygens (including phenoxy) is 1. The van der Waals surface area contributed by atoms with Gasteiger partial charge in [0, 0.05) is 37.8 Å². The molecule has 1 aliphatic heterocycles. The number of hydrogen-bond donors (Lipinski definition) is 2. The van der Waals surface area contributed by atoms with Crippen molar-refractivity contribution in [2.75, 3.05) is 39.4 Å². The number of nitrogens with zero attached hydrogens (tertiary/aromatic N) is 1. The predicted octanol–water partition coefficient (Wildman–Crippen LogP) is 2.47. The van der Waals surface area contributed by atoms with Crippen molar-refractivity contribution in [3.63, 3.8) is 0 Å². The maximum atomic E-state index is 12.1. The Morgan fingerprint density at radius 1 is 1.00 bits per heavy atom. The SMILES string of the molecule is C[C@H](NCCNC(=O)c1ccccc1)[C@@H](c1ccccc1)N1CCOCC1. The molecule has 144 valence electrons. The normalized spacial score (nSPS) is 17.2. The lowest BCUT2D eigenvalue weighted by Crippen LogP contribution is -2.48. The van der Waals surface area contributed by atoms with Crippen LogP contribution in [0.1, 0.15) is 28.9 Å². The van der Waals surface area contributed by atoms with E-state index < -0.39 is 0 Å². The fraction of sp³-hybridized carbons (Fsp3) is 0.409. The van der Waals surface area contributed by atoms with Crippen LogP contribution in [0.3, 0.4) is 0 Å². The van der Waals surface area contributed by atoms with E-state index in [1.807, 2.05) is 30.3 Å². The minimum Gasteiger partial charge on any atom is -0.379 e. The second kappa shape index (κ2) is 10.2. The zero-order chi connectivity index (χ0) is 18.9. The lowest BCUT2D eigenvalue weighted by molar-refractivity contribution is 0.00875. The highest BCUT2D eigenvalue weighted by molar-refractivity contribution is 5.94. The van der Waals surface area contributed by atoms with Crippen LogP contribution in [0.5, 0.6) is 0 Å². The molecular weight excluding hydrogens is 338 g/mol. The second-order valence-electron chi connectivity index (χ2n) is 6.87. The Morgan fingerprint density at radius 3 is 2.30 bits per heavy atom. The van der Waals surface area contributed by atoms with Gasteiger partial charge in [-0.25, -0.2) is 0 Å². The summed E-state index contributed by atoms with van der Waals surface area (Å²) >= 11 is 0. The highest BCUT2D eigenvalue weighted by Crippen LogP contribution is 2.25. The summed E-state index contributed by atoms with van der Waals surface area (Å²) < 4.78 is 5.52. The van der Waals surface area contributed by atoms with Gasteiger partial charge in [-0.05, 0) is 24.6 Å². The summed E-state index contributed by atoms with van der Waals surface area (Å²) in [5.41, 5.74) is 2.01. The Kier molecular flexibility index (Phi) is 7.39. The van der Waals surface area contributed by atoms with Crippen molar-refractivity contribution in [3.05, 3.63) is 71.8 Å². The van der Waals surface area contributed by atoms with Gasteiger partial charge in [0.05, 0.1) is 19.3 Å². The number of hydrogen-bond acceptors (Lipinski definition) is 4. The number of nitrogens with one attached hydrogen (secondary N) is 2. The van der Waals surface area contributed by atoms with E-state index in [-0.39, 0.29) is 11.9 Å². The molecule has 0 unspecified atom stereocenters. The van der Waals surface area contributed by atoms with Gasteiger partial charge in [-0.15, -0.1) is 0 Å².